The highest BCUT2D eigenvalue weighted by molar-refractivity contribution is 7.10. The van der Waals surface area contributed by atoms with E-state index in [1.54, 1.807) is 11.3 Å². The van der Waals surface area contributed by atoms with Crippen molar-refractivity contribution in [3.63, 3.8) is 0 Å². The highest BCUT2D eigenvalue weighted by atomic mass is 32.1. The zero-order valence-corrected chi connectivity index (χ0v) is 9.67. The van der Waals surface area contributed by atoms with Crippen molar-refractivity contribution in [2.75, 3.05) is 0 Å². The summed E-state index contributed by atoms with van der Waals surface area (Å²) in [6, 6.07) is -0.773. The van der Waals surface area contributed by atoms with Crippen molar-refractivity contribution in [1.29, 1.82) is 0 Å². The summed E-state index contributed by atoms with van der Waals surface area (Å²) in [7, 11) is 0. The Morgan fingerprint density at radius 2 is 2.31 bits per heavy atom. The molecule has 3 rings (SSSR count). The van der Waals surface area contributed by atoms with Crippen LogP contribution in [-0.4, -0.2) is 22.1 Å². The van der Waals surface area contributed by atoms with Gasteiger partial charge in [0.25, 0.3) is 0 Å². The summed E-state index contributed by atoms with van der Waals surface area (Å²) in [5, 5.41) is 9.06. The van der Waals surface area contributed by atoms with E-state index >= 15 is 0 Å². The van der Waals surface area contributed by atoms with Crippen molar-refractivity contribution in [2.45, 2.75) is 43.1 Å². The minimum atomic E-state index is -0.896. The molecule has 16 heavy (non-hydrogen) atoms. The van der Waals surface area contributed by atoms with Gasteiger partial charge in [0, 0.05) is 16.2 Å². The molecule has 2 aliphatic rings. The summed E-state index contributed by atoms with van der Waals surface area (Å²) < 4.78 is 0. The second-order valence-electron chi connectivity index (χ2n) is 4.81. The van der Waals surface area contributed by atoms with Gasteiger partial charge < -0.3 is 10.8 Å². The molecule has 1 aromatic heterocycles. The van der Waals surface area contributed by atoms with E-state index in [4.69, 9.17) is 10.8 Å². The Hall–Kier alpha value is -0.940. The van der Waals surface area contributed by atoms with Gasteiger partial charge in [0.05, 0.1) is 11.2 Å². The number of aliphatic carboxylic acids is 1. The lowest BCUT2D eigenvalue weighted by Crippen LogP contribution is -2.42. The number of rotatable bonds is 4. The fourth-order valence-electron chi connectivity index (χ4n) is 2.33. The fourth-order valence-corrected chi connectivity index (χ4v) is 3.50. The molecule has 2 saturated carbocycles. The van der Waals surface area contributed by atoms with Crippen LogP contribution >= 0.6 is 11.3 Å². The summed E-state index contributed by atoms with van der Waals surface area (Å²) in [5.41, 5.74) is 8.47. The van der Waals surface area contributed by atoms with Crippen molar-refractivity contribution < 1.29 is 9.90 Å². The third kappa shape index (κ3) is 1.38. The fraction of sp³-hybridized carbons (Fsp3) is 0.636. The summed E-state index contributed by atoms with van der Waals surface area (Å²) in [5.74, 6) is -0.327. The second-order valence-corrected chi connectivity index (χ2v) is 5.67. The number of carboxylic acid groups (broad SMARTS) is 1. The molecule has 86 valence electrons. The Bertz CT molecular complexity index is 435. The van der Waals surface area contributed by atoms with Gasteiger partial charge in [-0.3, -0.25) is 4.79 Å². The molecular weight excluding hydrogens is 224 g/mol. The van der Waals surface area contributed by atoms with Gasteiger partial charge >= 0.3 is 5.97 Å². The van der Waals surface area contributed by atoms with Crippen LogP contribution in [0.1, 0.15) is 42.2 Å². The number of nitrogens with zero attached hydrogens (tertiary/aromatic N) is 1. The Morgan fingerprint density at radius 1 is 1.62 bits per heavy atom. The van der Waals surface area contributed by atoms with Gasteiger partial charge in [-0.15, -0.1) is 11.3 Å². The first kappa shape index (κ1) is 10.2. The molecule has 4 nitrogen and oxygen atoms in total. The number of nitrogens with two attached hydrogens (primary N) is 1. The van der Waals surface area contributed by atoms with E-state index in [9.17, 15) is 4.79 Å². The standard InChI is InChI=1S/C11H14N2O2S/c12-8(10(14)15)11(3-4-11)9-7(6-1-2-6)13-5-16-9/h5-6,8H,1-4,12H2,(H,14,15). The first-order chi connectivity index (χ1) is 7.65. The molecule has 0 spiro atoms. The number of thiazole rings is 1. The highest BCUT2D eigenvalue weighted by Crippen LogP contribution is 2.56. The lowest BCUT2D eigenvalue weighted by molar-refractivity contribution is -0.139. The van der Waals surface area contributed by atoms with Crippen LogP contribution in [0.4, 0.5) is 0 Å². The van der Waals surface area contributed by atoms with E-state index in [2.05, 4.69) is 4.98 Å². The number of hydrogen-bond donors (Lipinski definition) is 2. The lowest BCUT2D eigenvalue weighted by atomic mass is 9.93. The molecule has 2 aliphatic carbocycles. The summed E-state index contributed by atoms with van der Waals surface area (Å²) >= 11 is 1.58. The van der Waals surface area contributed by atoms with Gasteiger partial charge in [-0.2, -0.15) is 0 Å². The van der Waals surface area contributed by atoms with Crippen LogP contribution in [-0.2, 0) is 10.2 Å². The molecule has 3 N–H and O–H groups in total. The first-order valence-electron chi connectivity index (χ1n) is 5.57. The van der Waals surface area contributed by atoms with Crippen LogP contribution in [0.5, 0.6) is 0 Å². The predicted octanol–water partition coefficient (Wildman–Crippen LogP) is 1.46. The van der Waals surface area contributed by atoms with Crippen LogP contribution in [0.3, 0.4) is 0 Å². The van der Waals surface area contributed by atoms with Gasteiger partial charge in [-0.05, 0) is 25.7 Å². The van der Waals surface area contributed by atoms with Crippen LogP contribution in [0.15, 0.2) is 5.51 Å². The topological polar surface area (TPSA) is 76.2 Å². The first-order valence-corrected chi connectivity index (χ1v) is 6.45. The van der Waals surface area contributed by atoms with E-state index in [0.717, 1.165) is 23.4 Å². The number of carbonyl (C=O) groups is 1. The molecule has 0 saturated heterocycles. The molecule has 0 amide bonds. The summed E-state index contributed by atoms with van der Waals surface area (Å²) in [4.78, 5) is 16.6. The SMILES string of the molecule is NC(C(=O)O)C1(c2scnc2C2CC2)CC1. The monoisotopic (exact) mass is 238 g/mol. The van der Waals surface area contributed by atoms with Gasteiger partial charge in [0.15, 0.2) is 0 Å². The predicted molar refractivity (Wildman–Crippen MR) is 60.6 cm³/mol. The number of carboxylic acids is 1. The number of hydrogen-bond acceptors (Lipinski definition) is 4. The minimum Gasteiger partial charge on any atom is -0.480 e. The van der Waals surface area contributed by atoms with Crippen LogP contribution in [0, 0.1) is 0 Å². The highest BCUT2D eigenvalue weighted by Gasteiger charge is 2.55. The third-order valence-corrected chi connectivity index (χ3v) is 4.72. The largest absolute Gasteiger partial charge is 0.480 e. The number of aromatic nitrogens is 1. The maximum Gasteiger partial charge on any atom is 0.321 e. The molecule has 1 heterocycles. The van der Waals surface area contributed by atoms with Crippen LogP contribution < -0.4 is 5.73 Å². The molecule has 0 aromatic carbocycles. The molecule has 1 unspecified atom stereocenters. The van der Waals surface area contributed by atoms with Gasteiger partial charge in [-0.25, -0.2) is 4.98 Å². The summed E-state index contributed by atoms with van der Waals surface area (Å²) in [6.07, 6.45) is 4.16. The van der Waals surface area contributed by atoms with Crippen molar-refractivity contribution in [3.8, 4) is 0 Å². The molecule has 5 heteroatoms. The Morgan fingerprint density at radius 3 is 2.81 bits per heavy atom. The third-order valence-electron chi connectivity index (χ3n) is 3.66. The molecular formula is C11H14N2O2S. The van der Waals surface area contributed by atoms with Crippen molar-refractivity contribution >= 4 is 17.3 Å². The molecule has 0 aliphatic heterocycles. The molecule has 1 atom stereocenters. The molecule has 0 bridgehead atoms. The maximum atomic E-state index is 11.0. The smallest absolute Gasteiger partial charge is 0.321 e. The van der Waals surface area contributed by atoms with E-state index < -0.39 is 12.0 Å². The van der Waals surface area contributed by atoms with Crippen molar-refractivity contribution in [3.05, 3.63) is 16.1 Å². The van der Waals surface area contributed by atoms with Gasteiger partial charge in [0.1, 0.15) is 6.04 Å². The lowest BCUT2D eigenvalue weighted by Gasteiger charge is -2.19. The molecule has 2 fully saturated rings. The van der Waals surface area contributed by atoms with E-state index in [1.807, 2.05) is 5.51 Å². The van der Waals surface area contributed by atoms with Crippen molar-refractivity contribution in [2.24, 2.45) is 5.73 Å². The van der Waals surface area contributed by atoms with Crippen LogP contribution in [0.25, 0.3) is 0 Å². The Labute approximate surface area is 97.5 Å². The quantitative estimate of drug-likeness (QED) is 0.832. The minimum absolute atomic E-state index is 0.301. The Kier molecular flexibility index (Phi) is 2.09. The Balaban J connectivity index is 1.96. The molecule has 0 radical (unpaired) electrons. The zero-order valence-electron chi connectivity index (χ0n) is 8.85. The van der Waals surface area contributed by atoms with E-state index in [-0.39, 0.29) is 5.41 Å². The van der Waals surface area contributed by atoms with Crippen molar-refractivity contribution in [1.82, 2.24) is 4.98 Å². The average Bonchev–Trinajstić information content (AvgIpc) is 3.18. The van der Waals surface area contributed by atoms with E-state index in [0.29, 0.717) is 5.92 Å². The zero-order chi connectivity index (χ0) is 11.3. The normalized spacial score (nSPS) is 24.1. The van der Waals surface area contributed by atoms with E-state index in [1.165, 1.54) is 12.8 Å². The van der Waals surface area contributed by atoms with Gasteiger partial charge in [0.2, 0.25) is 0 Å². The van der Waals surface area contributed by atoms with Gasteiger partial charge in [-0.1, -0.05) is 0 Å². The molecule has 1 aromatic rings. The maximum absolute atomic E-state index is 11.0. The average molecular weight is 238 g/mol. The second kappa shape index (κ2) is 3.28. The summed E-state index contributed by atoms with van der Waals surface area (Å²) in [6.45, 7) is 0. The van der Waals surface area contributed by atoms with Crippen LogP contribution in [0.2, 0.25) is 0 Å².